The van der Waals surface area contributed by atoms with Crippen molar-refractivity contribution >= 4 is 11.8 Å². The van der Waals surface area contributed by atoms with Gasteiger partial charge in [0, 0.05) is 25.2 Å². The van der Waals surface area contributed by atoms with Crippen molar-refractivity contribution in [3.05, 3.63) is 35.6 Å². The molecule has 0 radical (unpaired) electrons. The second kappa shape index (κ2) is 10.9. The number of carbonyl (C=O) groups excluding carboxylic acids is 2. The lowest BCUT2D eigenvalue weighted by molar-refractivity contribution is -0.135. The molecule has 2 aliphatic rings. The molecule has 166 valence electrons. The van der Waals surface area contributed by atoms with Crippen LogP contribution in [0.1, 0.15) is 62.7 Å². The van der Waals surface area contributed by atoms with E-state index in [1.165, 1.54) is 63.0 Å². The standard InChI is InChI=1S/C24H36FN3O2/c1-18(2)22(26-23(29)20-7-9-21(25)10-8-20)24(30)28-15-11-19(12-16-28)17-27-13-5-3-4-6-14-27/h7-10,18-19,22H,3-6,11-17H2,1-2H3,(H,26,29)/t22-/m1/s1. The van der Waals surface area contributed by atoms with Crippen LogP contribution in [0.5, 0.6) is 0 Å². The smallest absolute Gasteiger partial charge is 0.251 e. The zero-order valence-electron chi connectivity index (χ0n) is 18.4. The lowest BCUT2D eigenvalue weighted by Gasteiger charge is -2.37. The van der Waals surface area contributed by atoms with E-state index in [0.717, 1.165) is 32.5 Å². The minimum atomic E-state index is -0.565. The number of piperidine rings is 1. The molecule has 0 aliphatic carbocycles. The number of nitrogens with one attached hydrogen (secondary N) is 1. The summed E-state index contributed by atoms with van der Waals surface area (Å²) in [6, 6.07) is 4.85. The van der Waals surface area contributed by atoms with Gasteiger partial charge in [-0.2, -0.15) is 0 Å². The number of likely N-dealkylation sites (tertiary alicyclic amines) is 2. The van der Waals surface area contributed by atoms with Gasteiger partial charge in [0.05, 0.1) is 0 Å². The Labute approximate surface area is 180 Å². The van der Waals surface area contributed by atoms with Crippen molar-refractivity contribution in [3.8, 4) is 0 Å². The third-order valence-electron chi connectivity index (χ3n) is 6.47. The first kappa shape index (κ1) is 22.7. The van der Waals surface area contributed by atoms with Crippen LogP contribution in [0.15, 0.2) is 24.3 Å². The molecule has 6 heteroatoms. The summed E-state index contributed by atoms with van der Waals surface area (Å²) >= 11 is 0. The van der Waals surface area contributed by atoms with Crippen LogP contribution in [-0.2, 0) is 4.79 Å². The summed E-state index contributed by atoms with van der Waals surface area (Å²) < 4.78 is 13.1. The Balaban J connectivity index is 1.52. The Bertz CT molecular complexity index is 691. The molecule has 1 aromatic rings. The number of halogens is 1. The quantitative estimate of drug-likeness (QED) is 0.768. The van der Waals surface area contributed by atoms with Gasteiger partial charge in [0.25, 0.3) is 5.91 Å². The SMILES string of the molecule is CC(C)[C@@H](NC(=O)c1ccc(F)cc1)C(=O)N1CCC(CN2CCCCCC2)CC1. The molecule has 5 nitrogen and oxygen atoms in total. The van der Waals surface area contributed by atoms with E-state index in [4.69, 9.17) is 0 Å². The van der Waals surface area contributed by atoms with Gasteiger partial charge in [-0.3, -0.25) is 9.59 Å². The highest BCUT2D eigenvalue weighted by atomic mass is 19.1. The normalized spacial score (nSPS) is 20.1. The molecule has 1 N–H and O–H groups in total. The molecule has 0 bridgehead atoms. The minimum absolute atomic E-state index is 0.00585. The molecule has 2 heterocycles. The lowest BCUT2D eigenvalue weighted by Crippen LogP contribution is -2.53. The van der Waals surface area contributed by atoms with E-state index in [-0.39, 0.29) is 23.5 Å². The highest BCUT2D eigenvalue weighted by molar-refractivity contribution is 5.97. The summed E-state index contributed by atoms with van der Waals surface area (Å²) in [5, 5.41) is 2.87. The number of rotatable bonds is 6. The van der Waals surface area contributed by atoms with Crippen molar-refractivity contribution in [2.24, 2.45) is 11.8 Å². The summed E-state index contributed by atoms with van der Waals surface area (Å²) in [6.45, 7) is 8.98. The zero-order valence-corrected chi connectivity index (χ0v) is 18.4. The molecule has 2 aliphatic heterocycles. The Morgan fingerprint density at radius 3 is 2.17 bits per heavy atom. The second-order valence-corrected chi connectivity index (χ2v) is 9.19. The van der Waals surface area contributed by atoms with Gasteiger partial charge in [-0.25, -0.2) is 4.39 Å². The van der Waals surface area contributed by atoms with E-state index in [9.17, 15) is 14.0 Å². The van der Waals surface area contributed by atoms with Gasteiger partial charge < -0.3 is 15.1 Å². The average molecular weight is 418 g/mol. The summed E-state index contributed by atoms with van der Waals surface area (Å²) in [5.74, 6) is -0.0898. The highest BCUT2D eigenvalue weighted by Crippen LogP contribution is 2.22. The molecule has 0 spiro atoms. The molecule has 0 unspecified atom stereocenters. The zero-order chi connectivity index (χ0) is 21.5. The monoisotopic (exact) mass is 417 g/mol. The van der Waals surface area contributed by atoms with Gasteiger partial charge in [0.2, 0.25) is 5.91 Å². The van der Waals surface area contributed by atoms with Crippen LogP contribution in [0.3, 0.4) is 0 Å². The lowest BCUT2D eigenvalue weighted by atomic mass is 9.94. The van der Waals surface area contributed by atoms with Crippen LogP contribution in [0.25, 0.3) is 0 Å². The van der Waals surface area contributed by atoms with Crippen molar-refractivity contribution < 1.29 is 14.0 Å². The Morgan fingerprint density at radius 2 is 1.60 bits per heavy atom. The van der Waals surface area contributed by atoms with Crippen LogP contribution < -0.4 is 5.32 Å². The fraction of sp³-hybridized carbons (Fsp3) is 0.667. The first-order chi connectivity index (χ1) is 14.4. The van der Waals surface area contributed by atoms with Gasteiger partial charge in [0.15, 0.2) is 0 Å². The number of carbonyl (C=O) groups is 2. The Kier molecular flexibility index (Phi) is 8.25. The molecule has 2 saturated heterocycles. The van der Waals surface area contributed by atoms with Crippen LogP contribution >= 0.6 is 0 Å². The third-order valence-corrected chi connectivity index (χ3v) is 6.47. The molecule has 1 atom stereocenters. The van der Waals surface area contributed by atoms with Gasteiger partial charge in [-0.15, -0.1) is 0 Å². The van der Waals surface area contributed by atoms with Crippen molar-refractivity contribution in [2.75, 3.05) is 32.7 Å². The summed E-state index contributed by atoms with van der Waals surface area (Å²) in [5.41, 5.74) is 0.367. The number of hydrogen-bond acceptors (Lipinski definition) is 3. The predicted molar refractivity (Wildman–Crippen MR) is 117 cm³/mol. The third kappa shape index (κ3) is 6.27. The number of amides is 2. The minimum Gasteiger partial charge on any atom is -0.341 e. The molecule has 3 rings (SSSR count). The predicted octanol–water partition coefficient (Wildman–Crippen LogP) is 3.69. The summed E-state index contributed by atoms with van der Waals surface area (Å²) in [7, 11) is 0. The Morgan fingerprint density at radius 1 is 1.00 bits per heavy atom. The Hall–Kier alpha value is -1.95. The van der Waals surface area contributed by atoms with Gasteiger partial charge >= 0.3 is 0 Å². The van der Waals surface area contributed by atoms with Crippen molar-refractivity contribution in [1.82, 2.24) is 15.1 Å². The van der Waals surface area contributed by atoms with Gasteiger partial charge in [-0.05, 0) is 74.9 Å². The highest BCUT2D eigenvalue weighted by Gasteiger charge is 2.32. The maximum Gasteiger partial charge on any atom is 0.251 e. The number of hydrogen-bond donors (Lipinski definition) is 1. The largest absolute Gasteiger partial charge is 0.341 e. The molecule has 1 aromatic carbocycles. The number of nitrogens with zero attached hydrogens (tertiary/aromatic N) is 2. The molecule has 0 aromatic heterocycles. The van der Waals surface area contributed by atoms with Gasteiger partial charge in [0.1, 0.15) is 11.9 Å². The van der Waals surface area contributed by atoms with Crippen molar-refractivity contribution in [3.63, 3.8) is 0 Å². The van der Waals surface area contributed by atoms with Crippen molar-refractivity contribution in [1.29, 1.82) is 0 Å². The van der Waals surface area contributed by atoms with E-state index in [1.54, 1.807) is 0 Å². The molecular formula is C24H36FN3O2. The first-order valence-corrected chi connectivity index (χ1v) is 11.5. The maximum atomic E-state index is 13.1. The molecule has 30 heavy (non-hydrogen) atoms. The van der Waals surface area contributed by atoms with Crippen LogP contribution in [-0.4, -0.2) is 60.4 Å². The topological polar surface area (TPSA) is 52.7 Å². The first-order valence-electron chi connectivity index (χ1n) is 11.5. The fourth-order valence-electron chi connectivity index (χ4n) is 4.56. The van der Waals surface area contributed by atoms with E-state index >= 15 is 0 Å². The summed E-state index contributed by atoms with van der Waals surface area (Å²) in [6.07, 6.45) is 7.37. The van der Waals surface area contributed by atoms with Crippen LogP contribution in [0.2, 0.25) is 0 Å². The maximum absolute atomic E-state index is 13.1. The van der Waals surface area contributed by atoms with Crippen LogP contribution in [0, 0.1) is 17.7 Å². The molecule has 0 saturated carbocycles. The van der Waals surface area contributed by atoms with E-state index in [2.05, 4.69) is 10.2 Å². The fourth-order valence-corrected chi connectivity index (χ4v) is 4.56. The molecular weight excluding hydrogens is 381 g/mol. The van der Waals surface area contributed by atoms with E-state index in [1.807, 2.05) is 18.7 Å². The molecule has 2 fully saturated rings. The van der Waals surface area contributed by atoms with E-state index < -0.39 is 6.04 Å². The van der Waals surface area contributed by atoms with Gasteiger partial charge in [-0.1, -0.05) is 26.7 Å². The second-order valence-electron chi connectivity index (χ2n) is 9.19. The summed E-state index contributed by atoms with van der Waals surface area (Å²) in [4.78, 5) is 30.2. The van der Waals surface area contributed by atoms with Crippen molar-refractivity contribution in [2.45, 2.75) is 58.4 Å². The number of benzene rings is 1. The molecule has 2 amide bonds. The van der Waals surface area contributed by atoms with E-state index in [0.29, 0.717) is 11.5 Å². The average Bonchev–Trinajstić information content (AvgIpc) is 3.01. The van der Waals surface area contributed by atoms with Crippen LogP contribution in [0.4, 0.5) is 4.39 Å².